The van der Waals surface area contributed by atoms with Gasteiger partial charge in [0, 0.05) is 11.4 Å². The van der Waals surface area contributed by atoms with E-state index in [1.807, 2.05) is 25.1 Å². The highest BCUT2D eigenvalue weighted by molar-refractivity contribution is 7.54. The average Bonchev–Trinajstić information content (AvgIpc) is 2.85. The van der Waals surface area contributed by atoms with Gasteiger partial charge in [0.25, 0.3) is 0 Å². The summed E-state index contributed by atoms with van der Waals surface area (Å²) >= 11 is 0. The van der Waals surface area contributed by atoms with Gasteiger partial charge in [-0.25, -0.2) is 0 Å². The van der Waals surface area contributed by atoms with Crippen LogP contribution < -0.4 is 5.44 Å². The summed E-state index contributed by atoms with van der Waals surface area (Å²) in [6.07, 6.45) is 2.26. The predicted octanol–water partition coefficient (Wildman–Crippen LogP) is 1.74. The molecule has 1 unspecified atom stereocenters. The molecule has 0 N–H and O–H groups in total. The molecule has 1 aromatic heterocycles. The lowest BCUT2D eigenvalue weighted by molar-refractivity contribution is 0.592. The SMILES string of the molecule is Cc1cccc([PH](=O)C2CC2)n1. The third kappa shape index (κ3) is 1.59. The summed E-state index contributed by atoms with van der Waals surface area (Å²) in [5.74, 6) is 0. The second-order valence-corrected chi connectivity index (χ2v) is 5.36. The summed E-state index contributed by atoms with van der Waals surface area (Å²) in [6, 6.07) is 5.75. The van der Waals surface area contributed by atoms with Gasteiger partial charge < -0.3 is 4.57 Å². The van der Waals surface area contributed by atoms with Crippen molar-refractivity contribution in [2.75, 3.05) is 0 Å². The van der Waals surface area contributed by atoms with E-state index in [2.05, 4.69) is 4.98 Å². The predicted molar refractivity (Wildman–Crippen MR) is 50.6 cm³/mol. The van der Waals surface area contributed by atoms with Gasteiger partial charge in [0.1, 0.15) is 7.80 Å². The van der Waals surface area contributed by atoms with E-state index in [1.54, 1.807) is 0 Å². The monoisotopic (exact) mass is 181 g/mol. The molecule has 1 heterocycles. The minimum Gasteiger partial charge on any atom is -0.320 e. The second kappa shape index (κ2) is 3.02. The molecule has 1 fully saturated rings. The molecular weight excluding hydrogens is 169 g/mol. The maximum absolute atomic E-state index is 11.7. The van der Waals surface area contributed by atoms with Gasteiger partial charge in [-0.05, 0) is 31.9 Å². The number of nitrogens with zero attached hydrogens (tertiary/aromatic N) is 1. The normalized spacial score (nSPS) is 19.1. The zero-order chi connectivity index (χ0) is 8.55. The first kappa shape index (κ1) is 8.00. The standard InChI is InChI=1S/C9H12NOP/c1-7-3-2-4-9(10-7)12(11)8-5-6-8/h2-4,8,12H,5-6H2,1H3. The van der Waals surface area contributed by atoms with Crippen molar-refractivity contribution >= 4 is 13.2 Å². The van der Waals surface area contributed by atoms with Crippen LogP contribution in [0.1, 0.15) is 18.5 Å². The number of hydrogen-bond acceptors (Lipinski definition) is 2. The molecule has 0 amide bonds. The van der Waals surface area contributed by atoms with Crippen molar-refractivity contribution < 1.29 is 4.57 Å². The maximum Gasteiger partial charge on any atom is 0.124 e. The smallest absolute Gasteiger partial charge is 0.124 e. The first-order chi connectivity index (χ1) is 5.77. The Morgan fingerprint density at radius 2 is 2.25 bits per heavy atom. The summed E-state index contributed by atoms with van der Waals surface area (Å²) in [7, 11) is -1.56. The van der Waals surface area contributed by atoms with Crippen LogP contribution in [0.4, 0.5) is 0 Å². The fourth-order valence-electron chi connectivity index (χ4n) is 1.23. The van der Waals surface area contributed by atoms with E-state index in [4.69, 9.17) is 0 Å². The number of hydrogen-bond donors (Lipinski definition) is 0. The summed E-state index contributed by atoms with van der Waals surface area (Å²) in [4.78, 5) is 4.27. The van der Waals surface area contributed by atoms with Gasteiger partial charge in [0.2, 0.25) is 0 Å². The second-order valence-electron chi connectivity index (χ2n) is 3.30. The molecule has 0 radical (unpaired) electrons. The Balaban J connectivity index is 2.26. The zero-order valence-electron chi connectivity index (χ0n) is 7.08. The van der Waals surface area contributed by atoms with Crippen molar-refractivity contribution in [2.24, 2.45) is 0 Å². The van der Waals surface area contributed by atoms with Crippen LogP contribution >= 0.6 is 7.80 Å². The Morgan fingerprint density at radius 1 is 1.50 bits per heavy atom. The van der Waals surface area contributed by atoms with Gasteiger partial charge in [-0.1, -0.05) is 6.07 Å². The van der Waals surface area contributed by atoms with Gasteiger partial charge in [-0.3, -0.25) is 4.98 Å². The molecule has 0 aromatic carbocycles. The van der Waals surface area contributed by atoms with Crippen LogP contribution in [-0.4, -0.2) is 10.6 Å². The molecule has 3 heteroatoms. The number of aromatic nitrogens is 1. The quantitative estimate of drug-likeness (QED) is 0.650. The van der Waals surface area contributed by atoms with Crippen LogP contribution in [-0.2, 0) is 4.57 Å². The summed E-state index contributed by atoms with van der Waals surface area (Å²) in [6.45, 7) is 1.94. The molecule has 1 atom stereocenters. The highest BCUT2D eigenvalue weighted by Crippen LogP contribution is 2.43. The lowest BCUT2D eigenvalue weighted by Crippen LogP contribution is -2.04. The minimum atomic E-state index is -1.56. The molecular formula is C9H12NOP. The van der Waals surface area contributed by atoms with Crippen LogP contribution in [0.25, 0.3) is 0 Å². The first-order valence-corrected chi connectivity index (χ1v) is 5.74. The largest absolute Gasteiger partial charge is 0.320 e. The van der Waals surface area contributed by atoms with Crippen molar-refractivity contribution in [1.82, 2.24) is 4.98 Å². The van der Waals surface area contributed by atoms with Gasteiger partial charge in [-0.15, -0.1) is 0 Å². The minimum absolute atomic E-state index is 0.462. The molecule has 1 saturated carbocycles. The van der Waals surface area contributed by atoms with E-state index in [9.17, 15) is 4.57 Å². The molecule has 64 valence electrons. The molecule has 0 aliphatic heterocycles. The summed E-state index contributed by atoms with van der Waals surface area (Å²) in [5, 5.41) is 0. The summed E-state index contributed by atoms with van der Waals surface area (Å²) in [5.41, 5.74) is 2.25. The third-order valence-electron chi connectivity index (χ3n) is 2.09. The Kier molecular flexibility index (Phi) is 2.02. The van der Waals surface area contributed by atoms with Crippen LogP contribution in [0.2, 0.25) is 0 Å². The number of aryl methyl sites for hydroxylation is 1. The molecule has 0 bridgehead atoms. The van der Waals surface area contributed by atoms with Crippen LogP contribution in [0, 0.1) is 6.92 Å². The Bertz CT molecular complexity index is 320. The first-order valence-electron chi connectivity index (χ1n) is 4.25. The molecule has 1 aliphatic carbocycles. The topological polar surface area (TPSA) is 30.0 Å². The Labute approximate surface area is 72.8 Å². The van der Waals surface area contributed by atoms with E-state index in [0.29, 0.717) is 5.66 Å². The van der Waals surface area contributed by atoms with E-state index in [-0.39, 0.29) is 0 Å². The molecule has 12 heavy (non-hydrogen) atoms. The molecule has 1 aromatic rings. The van der Waals surface area contributed by atoms with E-state index in [0.717, 1.165) is 24.0 Å². The van der Waals surface area contributed by atoms with Gasteiger partial charge in [0.15, 0.2) is 0 Å². The Hall–Kier alpha value is -0.620. The maximum atomic E-state index is 11.7. The fourth-order valence-corrected chi connectivity index (χ4v) is 2.89. The molecule has 1 aliphatic rings. The van der Waals surface area contributed by atoms with Crippen molar-refractivity contribution in [3.8, 4) is 0 Å². The van der Waals surface area contributed by atoms with E-state index < -0.39 is 7.80 Å². The van der Waals surface area contributed by atoms with Crippen LogP contribution in [0.3, 0.4) is 0 Å². The van der Waals surface area contributed by atoms with E-state index in [1.165, 1.54) is 0 Å². The van der Waals surface area contributed by atoms with Gasteiger partial charge in [-0.2, -0.15) is 0 Å². The van der Waals surface area contributed by atoms with Crippen molar-refractivity contribution in [3.63, 3.8) is 0 Å². The average molecular weight is 181 g/mol. The molecule has 2 nitrogen and oxygen atoms in total. The number of rotatable bonds is 2. The molecule has 0 saturated heterocycles. The summed E-state index contributed by atoms with van der Waals surface area (Å²) < 4.78 is 11.7. The lowest BCUT2D eigenvalue weighted by atomic mass is 10.4. The Morgan fingerprint density at radius 3 is 2.83 bits per heavy atom. The van der Waals surface area contributed by atoms with Gasteiger partial charge >= 0.3 is 0 Å². The van der Waals surface area contributed by atoms with E-state index >= 15 is 0 Å². The molecule has 2 rings (SSSR count). The van der Waals surface area contributed by atoms with Crippen LogP contribution in [0.15, 0.2) is 18.2 Å². The van der Waals surface area contributed by atoms with Crippen molar-refractivity contribution in [1.29, 1.82) is 0 Å². The number of pyridine rings is 1. The van der Waals surface area contributed by atoms with Gasteiger partial charge in [0.05, 0.1) is 5.44 Å². The van der Waals surface area contributed by atoms with Crippen molar-refractivity contribution in [3.05, 3.63) is 23.9 Å². The highest BCUT2D eigenvalue weighted by atomic mass is 31.1. The lowest BCUT2D eigenvalue weighted by Gasteiger charge is -1.99. The fraction of sp³-hybridized carbons (Fsp3) is 0.444. The van der Waals surface area contributed by atoms with Crippen molar-refractivity contribution in [2.45, 2.75) is 25.4 Å². The highest BCUT2D eigenvalue weighted by Gasteiger charge is 2.29. The third-order valence-corrected chi connectivity index (χ3v) is 4.19. The van der Waals surface area contributed by atoms with Crippen LogP contribution in [0.5, 0.6) is 0 Å². The molecule has 0 spiro atoms. The zero-order valence-corrected chi connectivity index (χ0v) is 8.08.